The molecule has 0 radical (unpaired) electrons. The highest BCUT2D eigenvalue weighted by Crippen LogP contribution is 2.36. The predicted octanol–water partition coefficient (Wildman–Crippen LogP) is 4.13. The number of halogens is 2. The predicted molar refractivity (Wildman–Crippen MR) is 90.8 cm³/mol. The molecule has 0 saturated heterocycles. The summed E-state index contributed by atoms with van der Waals surface area (Å²) in [6, 6.07) is 3.65. The van der Waals surface area contributed by atoms with Gasteiger partial charge in [0.2, 0.25) is 5.95 Å². The second kappa shape index (κ2) is 6.64. The third kappa shape index (κ3) is 3.40. The first-order valence-corrected chi connectivity index (χ1v) is 8.19. The zero-order valence-electron chi connectivity index (χ0n) is 11.8. The van der Waals surface area contributed by atoms with Gasteiger partial charge in [-0.25, -0.2) is 15.0 Å². The highest BCUT2D eigenvalue weighted by atomic mass is 35.5. The van der Waals surface area contributed by atoms with Crippen LogP contribution in [-0.2, 0) is 6.54 Å². The van der Waals surface area contributed by atoms with E-state index in [1.165, 1.54) is 11.3 Å². The average Bonchev–Trinajstić information content (AvgIpc) is 3.06. The molecule has 0 spiro atoms. The fraction of sp³-hybridized carbons (Fsp3) is 0.214. The second-order valence-corrected chi connectivity index (χ2v) is 6.71. The maximum Gasteiger partial charge on any atom is 0.223 e. The molecule has 0 aromatic carbocycles. The number of hydrogen-bond acceptors (Lipinski definition) is 5. The zero-order valence-corrected chi connectivity index (χ0v) is 14.1. The van der Waals surface area contributed by atoms with Crippen LogP contribution in [0.2, 0.25) is 9.36 Å². The van der Waals surface area contributed by atoms with Gasteiger partial charge in [0.1, 0.15) is 4.34 Å². The van der Waals surface area contributed by atoms with Gasteiger partial charge in [0, 0.05) is 31.2 Å². The van der Waals surface area contributed by atoms with Crippen molar-refractivity contribution in [3.8, 4) is 10.6 Å². The van der Waals surface area contributed by atoms with E-state index in [4.69, 9.17) is 23.2 Å². The van der Waals surface area contributed by atoms with Gasteiger partial charge in [0.25, 0.3) is 0 Å². The minimum absolute atomic E-state index is 0.547. The van der Waals surface area contributed by atoms with Crippen molar-refractivity contribution in [2.75, 3.05) is 11.9 Å². The SMILES string of the molecule is Cc1cncn1CCNc1nccc(-c2cc(Cl)c(Cl)s2)n1. The van der Waals surface area contributed by atoms with E-state index in [1.54, 1.807) is 6.20 Å². The van der Waals surface area contributed by atoms with E-state index in [9.17, 15) is 0 Å². The summed E-state index contributed by atoms with van der Waals surface area (Å²) in [5.74, 6) is 0.580. The van der Waals surface area contributed by atoms with E-state index in [2.05, 4.69) is 24.8 Å². The van der Waals surface area contributed by atoms with Gasteiger partial charge in [-0.3, -0.25) is 0 Å². The molecule has 0 bridgehead atoms. The Morgan fingerprint density at radius 1 is 1.36 bits per heavy atom. The quantitative estimate of drug-likeness (QED) is 0.749. The lowest BCUT2D eigenvalue weighted by Gasteiger charge is -2.07. The highest BCUT2D eigenvalue weighted by molar-refractivity contribution is 7.20. The third-order valence-corrected chi connectivity index (χ3v) is 5.00. The Hall–Kier alpha value is -1.63. The smallest absolute Gasteiger partial charge is 0.223 e. The number of anilines is 1. The van der Waals surface area contributed by atoms with Gasteiger partial charge in [-0.05, 0) is 19.1 Å². The van der Waals surface area contributed by atoms with Gasteiger partial charge in [-0.15, -0.1) is 11.3 Å². The monoisotopic (exact) mass is 353 g/mol. The van der Waals surface area contributed by atoms with Crippen LogP contribution in [0, 0.1) is 6.92 Å². The molecule has 0 aliphatic heterocycles. The number of rotatable bonds is 5. The van der Waals surface area contributed by atoms with Crippen LogP contribution in [0.25, 0.3) is 10.6 Å². The molecule has 114 valence electrons. The van der Waals surface area contributed by atoms with E-state index in [-0.39, 0.29) is 0 Å². The number of nitrogens with zero attached hydrogens (tertiary/aromatic N) is 4. The third-order valence-electron chi connectivity index (χ3n) is 3.11. The summed E-state index contributed by atoms with van der Waals surface area (Å²) in [5, 5.41) is 3.76. The van der Waals surface area contributed by atoms with E-state index < -0.39 is 0 Å². The molecule has 5 nitrogen and oxygen atoms in total. The topological polar surface area (TPSA) is 55.6 Å². The minimum atomic E-state index is 0.547. The number of aromatic nitrogens is 4. The molecule has 0 fully saturated rings. The van der Waals surface area contributed by atoms with E-state index in [0.717, 1.165) is 22.8 Å². The normalized spacial score (nSPS) is 10.9. The van der Waals surface area contributed by atoms with Crippen LogP contribution < -0.4 is 5.32 Å². The molecule has 22 heavy (non-hydrogen) atoms. The van der Waals surface area contributed by atoms with Crippen molar-refractivity contribution in [2.45, 2.75) is 13.5 Å². The highest BCUT2D eigenvalue weighted by Gasteiger charge is 2.09. The van der Waals surface area contributed by atoms with Crippen molar-refractivity contribution >= 4 is 40.5 Å². The van der Waals surface area contributed by atoms with E-state index in [1.807, 2.05) is 31.6 Å². The molecule has 3 aromatic heterocycles. The number of imidazole rings is 1. The Bertz CT molecular complexity index is 764. The summed E-state index contributed by atoms with van der Waals surface area (Å²) >= 11 is 13.4. The molecular formula is C14H13Cl2N5S. The van der Waals surface area contributed by atoms with Crippen molar-refractivity contribution in [3.05, 3.63) is 45.9 Å². The Morgan fingerprint density at radius 3 is 2.91 bits per heavy atom. The lowest BCUT2D eigenvalue weighted by molar-refractivity contribution is 0.703. The molecule has 0 unspecified atom stereocenters. The van der Waals surface area contributed by atoms with Gasteiger partial charge < -0.3 is 9.88 Å². The number of hydrogen-bond donors (Lipinski definition) is 1. The second-order valence-electron chi connectivity index (χ2n) is 4.65. The zero-order chi connectivity index (χ0) is 15.5. The maximum absolute atomic E-state index is 5.99. The lowest BCUT2D eigenvalue weighted by Crippen LogP contribution is -2.12. The van der Waals surface area contributed by atoms with Gasteiger partial charge in [0.05, 0.1) is 21.9 Å². The number of nitrogens with one attached hydrogen (secondary N) is 1. The largest absolute Gasteiger partial charge is 0.352 e. The average molecular weight is 354 g/mol. The molecule has 0 aliphatic rings. The summed E-state index contributed by atoms with van der Waals surface area (Å²) in [7, 11) is 0. The van der Waals surface area contributed by atoms with Gasteiger partial charge >= 0.3 is 0 Å². The first-order chi connectivity index (χ1) is 10.6. The van der Waals surface area contributed by atoms with Crippen LogP contribution in [0.1, 0.15) is 5.69 Å². The first kappa shape index (κ1) is 15.3. The molecule has 3 rings (SSSR count). The molecular weight excluding hydrogens is 341 g/mol. The van der Waals surface area contributed by atoms with Crippen LogP contribution in [0.5, 0.6) is 0 Å². The lowest BCUT2D eigenvalue weighted by atomic mass is 10.3. The summed E-state index contributed by atoms with van der Waals surface area (Å²) in [6.45, 7) is 3.54. The van der Waals surface area contributed by atoms with Gasteiger partial charge in [0.15, 0.2) is 0 Å². The fourth-order valence-corrected chi connectivity index (χ4v) is 3.30. The van der Waals surface area contributed by atoms with Gasteiger partial charge in [-0.2, -0.15) is 0 Å². The molecule has 1 N–H and O–H groups in total. The summed E-state index contributed by atoms with van der Waals surface area (Å²) in [6.07, 6.45) is 5.36. The Kier molecular flexibility index (Phi) is 4.61. The number of thiophene rings is 1. The van der Waals surface area contributed by atoms with Crippen molar-refractivity contribution < 1.29 is 0 Å². The molecule has 0 aliphatic carbocycles. The Balaban J connectivity index is 1.67. The molecule has 0 atom stereocenters. The Labute approximate surface area is 142 Å². The first-order valence-electron chi connectivity index (χ1n) is 6.62. The summed E-state index contributed by atoms with van der Waals surface area (Å²) < 4.78 is 2.63. The van der Waals surface area contributed by atoms with Crippen LogP contribution in [0.4, 0.5) is 5.95 Å². The van der Waals surface area contributed by atoms with Crippen LogP contribution in [0.15, 0.2) is 30.9 Å². The van der Waals surface area contributed by atoms with Crippen molar-refractivity contribution in [2.24, 2.45) is 0 Å². The van der Waals surface area contributed by atoms with Crippen LogP contribution in [0.3, 0.4) is 0 Å². The van der Waals surface area contributed by atoms with Crippen molar-refractivity contribution in [1.82, 2.24) is 19.5 Å². The molecule has 0 saturated carbocycles. The fourth-order valence-electron chi connectivity index (χ4n) is 1.96. The maximum atomic E-state index is 5.99. The van der Waals surface area contributed by atoms with Crippen LogP contribution in [-0.4, -0.2) is 26.1 Å². The standard InChI is InChI=1S/C14H13Cl2N5S/c1-9-7-17-8-21(9)5-4-19-14-18-3-2-11(20-14)12-6-10(15)13(16)22-12/h2-3,6-8H,4-5H2,1H3,(H,18,19,20). The molecule has 3 aromatic rings. The molecule has 3 heterocycles. The summed E-state index contributed by atoms with van der Waals surface area (Å²) in [4.78, 5) is 13.7. The Morgan fingerprint density at radius 2 is 2.23 bits per heavy atom. The molecule has 0 amide bonds. The van der Waals surface area contributed by atoms with Crippen LogP contribution >= 0.6 is 34.5 Å². The number of aryl methyl sites for hydroxylation is 1. The van der Waals surface area contributed by atoms with Crippen molar-refractivity contribution in [3.63, 3.8) is 0 Å². The van der Waals surface area contributed by atoms with E-state index >= 15 is 0 Å². The molecule has 8 heteroatoms. The van der Waals surface area contributed by atoms with Crippen molar-refractivity contribution in [1.29, 1.82) is 0 Å². The van der Waals surface area contributed by atoms with Gasteiger partial charge in [-0.1, -0.05) is 23.2 Å². The summed E-state index contributed by atoms with van der Waals surface area (Å²) in [5.41, 5.74) is 1.93. The van der Waals surface area contributed by atoms with E-state index in [0.29, 0.717) is 21.9 Å². The minimum Gasteiger partial charge on any atom is -0.352 e.